The number of carbonyl (C=O) groups excluding carboxylic acids is 1. The van der Waals surface area contributed by atoms with Crippen molar-refractivity contribution in [2.24, 2.45) is 0 Å². The monoisotopic (exact) mass is 449 g/mol. The minimum absolute atomic E-state index is 0.0112. The molecular weight excluding hydrogens is 426 g/mol. The van der Waals surface area contributed by atoms with E-state index in [4.69, 9.17) is 4.42 Å². The number of furan rings is 1. The second-order valence-corrected chi connectivity index (χ2v) is 9.30. The van der Waals surface area contributed by atoms with Crippen molar-refractivity contribution in [3.8, 4) is 0 Å². The normalized spacial score (nSPS) is 11.4. The molecule has 32 heavy (non-hydrogen) atoms. The van der Waals surface area contributed by atoms with Crippen LogP contribution in [-0.2, 0) is 28.6 Å². The van der Waals surface area contributed by atoms with E-state index in [1.807, 2.05) is 41.1 Å². The predicted octanol–water partition coefficient (Wildman–Crippen LogP) is 3.47. The standard InChI is InChI=1S/C24H23N3O4S/c28-24(23-20(12-16-31-23)18-32(29,30)21-9-5-2-6-10-21)26-13-11-22-25-14-15-27(22)17-19-7-3-1-4-8-19/h1-10,12,14-16H,11,13,17-18H2,(H,26,28). The van der Waals surface area contributed by atoms with Crippen molar-refractivity contribution in [2.45, 2.75) is 23.6 Å². The number of aromatic nitrogens is 2. The largest absolute Gasteiger partial charge is 0.459 e. The number of benzene rings is 2. The Morgan fingerprint density at radius 1 is 1.00 bits per heavy atom. The highest BCUT2D eigenvalue weighted by atomic mass is 32.2. The van der Waals surface area contributed by atoms with E-state index in [0.29, 0.717) is 25.1 Å². The lowest BCUT2D eigenvalue weighted by atomic mass is 10.2. The first-order valence-electron chi connectivity index (χ1n) is 10.2. The smallest absolute Gasteiger partial charge is 0.287 e. The lowest BCUT2D eigenvalue weighted by molar-refractivity contribution is 0.0925. The van der Waals surface area contributed by atoms with E-state index in [9.17, 15) is 13.2 Å². The van der Waals surface area contributed by atoms with Gasteiger partial charge in [-0.15, -0.1) is 0 Å². The second kappa shape index (κ2) is 9.65. The van der Waals surface area contributed by atoms with Gasteiger partial charge in [0.05, 0.1) is 16.9 Å². The zero-order chi connectivity index (χ0) is 22.4. The molecule has 2 aromatic carbocycles. The summed E-state index contributed by atoms with van der Waals surface area (Å²) in [4.78, 5) is 17.2. The number of amides is 1. The first-order valence-corrected chi connectivity index (χ1v) is 11.8. The molecule has 0 saturated carbocycles. The van der Waals surface area contributed by atoms with Crippen molar-refractivity contribution in [3.63, 3.8) is 0 Å². The van der Waals surface area contributed by atoms with Gasteiger partial charge in [0.15, 0.2) is 15.6 Å². The van der Waals surface area contributed by atoms with Gasteiger partial charge in [-0.05, 0) is 23.8 Å². The third-order valence-electron chi connectivity index (χ3n) is 5.03. The number of imidazole rings is 1. The van der Waals surface area contributed by atoms with Gasteiger partial charge in [0.2, 0.25) is 0 Å². The number of hydrogen-bond donors (Lipinski definition) is 1. The van der Waals surface area contributed by atoms with Gasteiger partial charge >= 0.3 is 0 Å². The zero-order valence-corrected chi connectivity index (χ0v) is 18.2. The maximum atomic E-state index is 12.6. The van der Waals surface area contributed by atoms with Crippen molar-refractivity contribution in [1.82, 2.24) is 14.9 Å². The first-order chi connectivity index (χ1) is 15.5. The maximum Gasteiger partial charge on any atom is 0.287 e. The number of hydrogen-bond acceptors (Lipinski definition) is 5. The highest BCUT2D eigenvalue weighted by Crippen LogP contribution is 2.20. The van der Waals surface area contributed by atoms with Crippen molar-refractivity contribution in [2.75, 3.05) is 6.54 Å². The van der Waals surface area contributed by atoms with Gasteiger partial charge in [-0.25, -0.2) is 13.4 Å². The lowest BCUT2D eigenvalue weighted by Gasteiger charge is -2.09. The van der Waals surface area contributed by atoms with Crippen molar-refractivity contribution < 1.29 is 17.6 Å². The quantitative estimate of drug-likeness (QED) is 0.422. The first kappa shape index (κ1) is 21.6. The van der Waals surface area contributed by atoms with Gasteiger partial charge in [-0.2, -0.15) is 0 Å². The molecule has 4 aromatic rings. The summed E-state index contributed by atoms with van der Waals surface area (Å²) in [5.41, 5.74) is 1.49. The van der Waals surface area contributed by atoms with Crippen LogP contribution < -0.4 is 5.32 Å². The van der Waals surface area contributed by atoms with Gasteiger partial charge in [-0.3, -0.25) is 4.79 Å². The van der Waals surface area contributed by atoms with E-state index in [1.165, 1.54) is 24.5 Å². The van der Waals surface area contributed by atoms with Crippen LogP contribution in [0.5, 0.6) is 0 Å². The van der Waals surface area contributed by atoms with Crippen LogP contribution in [0.3, 0.4) is 0 Å². The van der Waals surface area contributed by atoms with Crippen LogP contribution in [0.15, 0.2) is 94.7 Å². The van der Waals surface area contributed by atoms with Gasteiger partial charge in [0.25, 0.3) is 5.91 Å². The second-order valence-electron chi connectivity index (χ2n) is 7.31. The molecule has 4 rings (SSSR count). The Morgan fingerprint density at radius 2 is 1.72 bits per heavy atom. The molecule has 0 unspecified atom stereocenters. The molecule has 0 bridgehead atoms. The third kappa shape index (κ3) is 5.15. The van der Waals surface area contributed by atoms with Gasteiger partial charge in [-0.1, -0.05) is 48.5 Å². The molecule has 0 spiro atoms. The minimum Gasteiger partial charge on any atom is -0.459 e. The molecule has 1 N–H and O–H groups in total. The molecule has 0 atom stereocenters. The summed E-state index contributed by atoms with van der Waals surface area (Å²) in [6.07, 6.45) is 5.50. The number of rotatable bonds is 9. The fraction of sp³-hybridized carbons (Fsp3) is 0.167. The summed E-state index contributed by atoms with van der Waals surface area (Å²) in [5.74, 6) is 0.102. The van der Waals surface area contributed by atoms with E-state index in [0.717, 1.165) is 11.4 Å². The Morgan fingerprint density at radius 3 is 2.47 bits per heavy atom. The molecular formula is C24H23N3O4S. The third-order valence-corrected chi connectivity index (χ3v) is 6.71. The minimum atomic E-state index is -3.58. The zero-order valence-electron chi connectivity index (χ0n) is 17.3. The van der Waals surface area contributed by atoms with Crippen LogP contribution in [0.25, 0.3) is 0 Å². The molecule has 164 valence electrons. The molecule has 0 aliphatic heterocycles. The molecule has 0 aliphatic rings. The Hall–Kier alpha value is -3.65. The SMILES string of the molecule is O=C(NCCc1nccn1Cc1ccccc1)c1occc1CS(=O)(=O)c1ccccc1. The van der Waals surface area contributed by atoms with Crippen LogP contribution in [0, 0.1) is 0 Å². The summed E-state index contributed by atoms with van der Waals surface area (Å²) >= 11 is 0. The Bertz CT molecular complexity index is 1280. The highest BCUT2D eigenvalue weighted by molar-refractivity contribution is 7.90. The van der Waals surface area contributed by atoms with E-state index < -0.39 is 15.7 Å². The van der Waals surface area contributed by atoms with Gasteiger partial charge in [0.1, 0.15) is 5.82 Å². The molecule has 0 saturated heterocycles. The summed E-state index contributed by atoms with van der Waals surface area (Å²) in [7, 11) is -3.58. The van der Waals surface area contributed by atoms with E-state index in [2.05, 4.69) is 10.3 Å². The number of nitrogens with one attached hydrogen (secondary N) is 1. The lowest BCUT2D eigenvalue weighted by Crippen LogP contribution is -2.27. The van der Waals surface area contributed by atoms with Crippen molar-refractivity contribution >= 4 is 15.7 Å². The summed E-state index contributed by atoms with van der Waals surface area (Å²) in [6.45, 7) is 1.04. The predicted molar refractivity (Wildman–Crippen MR) is 120 cm³/mol. The molecule has 2 heterocycles. The van der Waals surface area contributed by atoms with Crippen molar-refractivity contribution in [3.05, 3.63) is 108 Å². The van der Waals surface area contributed by atoms with E-state index >= 15 is 0 Å². The average Bonchev–Trinajstić information content (AvgIpc) is 3.44. The van der Waals surface area contributed by atoms with E-state index in [-0.39, 0.29) is 16.4 Å². The Labute approximate surface area is 186 Å². The topological polar surface area (TPSA) is 94.2 Å². The summed E-state index contributed by atoms with van der Waals surface area (Å²) < 4.78 is 32.6. The fourth-order valence-electron chi connectivity index (χ4n) is 3.42. The van der Waals surface area contributed by atoms with Crippen LogP contribution in [0.2, 0.25) is 0 Å². The van der Waals surface area contributed by atoms with Crippen LogP contribution in [0.1, 0.15) is 27.5 Å². The van der Waals surface area contributed by atoms with Crippen LogP contribution >= 0.6 is 0 Å². The Kier molecular flexibility index (Phi) is 6.51. The molecule has 8 heteroatoms. The van der Waals surface area contributed by atoms with Crippen LogP contribution in [0.4, 0.5) is 0 Å². The van der Waals surface area contributed by atoms with Crippen LogP contribution in [-0.4, -0.2) is 30.4 Å². The molecule has 2 aromatic heterocycles. The maximum absolute atomic E-state index is 12.6. The molecule has 0 fully saturated rings. The highest BCUT2D eigenvalue weighted by Gasteiger charge is 2.22. The molecule has 1 amide bonds. The molecule has 7 nitrogen and oxygen atoms in total. The number of carbonyl (C=O) groups is 1. The molecule has 0 aliphatic carbocycles. The van der Waals surface area contributed by atoms with Gasteiger partial charge in [0, 0.05) is 37.5 Å². The number of sulfone groups is 1. The molecule has 0 radical (unpaired) electrons. The van der Waals surface area contributed by atoms with Gasteiger partial charge < -0.3 is 14.3 Å². The summed E-state index contributed by atoms with van der Waals surface area (Å²) in [6, 6.07) is 19.7. The average molecular weight is 450 g/mol. The summed E-state index contributed by atoms with van der Waals surface area (Å²) in [5, 5.41) is 2.80. The van der Waals surface area contributed by atoms with Crippen molar-refractivity contribution in [1.29, 1.82) is 0 Å². The fourth-order valence-corrected chi connectivity index (χ4v) is 4.80. The van der Waals surface area contributed by atoms with E-state index in [1.54, 1.807) is 24.4 Å². The number of nitrogens with zero attached hydrogens (tertiary/aromatic N) is 2. The Balaban J connectivity index is 1.36.